The zero-order valence-electron chi connectivity index (χ0n) is 28.2. The summed E-state index contributed by atoms with van der Waals surface area (Å²) in [6, 6.07) is 4.16. The molecule has 2 aliphatic carbocycles. The third-order valence-electron chi connectivity index (χ3n) is 9.28. The van der Waals surface area contributed by atoms with Gasteiger partial charge in [0.2, 0.25) is 19.1 Å². The van der Waals surface area contributed by atoms with Gasteiger partial charge in [-0.1, -0.05) is 13.8 Å². The Kier molecular flexibility index (Phi) is 11.2. The van der Waals surface area contributed by atoms with Gasteiger partial charge in [0.15, 0.2) is 0 Å². The number of aromatic nitrogens is 4. The Labute approximate surface area is 302 Å². The number of nitrogens with two attached hydrogens (primary N) is 1. The van der Waals surface area contributed by atoms with Crippen LogP contribution in [0.2, 0.25) is 0 Å². The molecule has 8 rings (SSSR count). The lowest BCUT2D eigenvalue weighted by atomic mass is 9.68. The van der Waals surface area contributed by atoms with E-state index in [1.807, 2.05) is 31.5 Å². The minimum Gasteiger partial charge on any atom is -0.531 e. The van der Waals surface area contributed by atoms with E-state index in [2.05, 4.69) is 24.7 Å². The molecular formula is C32H41B2ClN6O8S2. The molecule has 0 unspecified atom stereocenters. The van der Waals surface area contributed by atoms with Crippen LogP contribution in [0.1, 0.15) is 63.5 Å². The maximum atomic E-state index is 11.9. The first-order valence-electron chi connectivity index (χ1n) is 17.0. The highest BCUT2D eigenvalue weighted by molar-refractivity contribution is 8.13. The van der Waals surface area contributed by atoms with Gasteiger partial charge >= 0.3 is 14.2 Å². The van der Waals surface area contributed by atoms with Crippen LogP contribution in [-0.4, -0.2) is 84.6 Å². The Morgan fingerprint density at radius 1 is 0.843 bits per heavy atom. The molecule has 4 aliphatic rings. The van der Waals surface area contributed by atoms with E-state index < -0.39 is 33.3 Å². The van der Waals surface area contributed by atoms with E-state index in [9.17, 15) is 26.9 Å². The highest BCUT2D eigenvalue weighted by atomic mass is 35.7. The normalized spacial score (nSPS) is 22.4. The number of sulfonamides is 1. The average molecular weight is 759 g/mol. The van der Waals surface area contributed by atoms with Crippen LogP contribution >= 0.6 is 10.7 Å². The minimum atomic E-state index is -3.20. The van der Waals surface area contributed by atoms with Crippen LogP contribution in [0.15, 0.2) is 48.9 Å². The molecule has 0 aromatic carbocycles. The van der Waals surface area contributed by atoms with Crippen molar-refractivity contribution in [3.63, 3.8) is 0 Å². The molecule has 14 nitrogen and oxygen atoms in total. The number of halogens is 1. The third-order valence-corrected chi connectivity index (χ3v) is 12.3. The van der Waals surface area contributed by atoms with Crippen LogP contribution in [0.3, 0.4) is 0 Å². The fraction of sp³-hybridized carbons (Fsp3) is 0.438. The minimum absolute atomic E-state index is 0.0468. The van der Waals surface area contributed by atoms with Crippen LogP contribution in [0.5, 0.6) is 11.5 Å². The van der Waals surface area contributed by atoms with Gasteiger partial charge in [0.05, 0.1) is 23.9 Å². The topological polar surface area (TPSA) is 223 Å². The fourth-order valence-corrected chi connectivity index (χ4v) is 9.25. The molecule has 0 radical (unpaired) electrons. The number of H-pyrrole nitrogens is 2. The SMILES string of the molecule is CCCS(=O)(=O)Cl.CCCS(=O)(=O)NC1CC(C2=CB(O)Oc3cnc4[nH]ccc4c32)C1.NC1CC(C2=CB(O)Oc3cnc4[nH]ccc4c32)C1. The maximum absolute atomic E-state index is 11.9. The predicted molar refractivity (Wildman–Crippen MR) is 200 cm³/mol. The lowest BCUT2D eigenvalue weighted by molar-refractivity contribution is 0.308. The smallest absolute Gasteiger partial charge is 0.531 e. The summed E-state index contributed by atoms with van der Waals surface area (Å²) in [7, 11) is -3.49. The number of nitrogens with one attached hydrogen (secondary N) is 3. The molecule has 2 aliphatic heterocycles. The molecule has 4 aromatic rings. The second-order valence-electron chi connectivity index (χ2n) is 13.2. The Balaban J connectivity index is 0.000000152. The Hall–Kier alpha value is -3.38. The Morgan fingerprint density at radius 3 is 1.73 bits per heavy atom. The third kappa shape index (κ3) is 8.64. The molecule has 7 N–H and O–H groups in total. The van der Waals surface area contributed by atoms with Gasteiger partial charge in [0, 0.05) is 57.1 Å². The van der Waals surface area contributed by atoms with Crippen molar-refractivity contribution in [2.24, 2.45) is 17.6 Å². The van der Waals surface area contributed by atoms with Crippen molar-refractivity contribution in [3.05, 3.63) is 60.0 Å². The van der Waals surface area contributed by atoms with Gasteiger partial charge in [-0.05, 0) is 85.6 Å². The van der Waals surface area contributed by atoms with Gasteiger partial charge in [-0.3, -0.25) is 0 Å². The summed E-state index contributed by atoms with van der Waals surface area (Å²) in [5, 5.41) is 21.8. The average Bonchev–Trinajstić information content (AvgIpc) is 3.70. The summed E-state index contributed by atoms with van der Waals surface area (Å²) in [5.74, 6) is 5.56. The molecule has 0 saturated heterocycles. The quantitative estimate of drug-likeness (QED) is 0.113. The lowest BCUT2D eigenvalue weighted by Gasteiger charge is -2.39. The summed E-state index contributed by atoms with van der Waals surface area (Å²) in [6.45, 7) is 3.62. The van der Waals surface area contributed by atoms with E-state index in [-0.39, 0.29) is 29.5 Å². The van der Waals surface area contributed by atoms with Gasteiger partial charge < -0.3 is 35.1 Å². The zero-order valence-corrected chi connectivity index (χ0v) is 30.6. The number of hydrogen-bond donors (Lipinski definition) is 6. The standard InChI is InChI=1S/C16H20BN3O4S.C13H14BN3O2.C3H7ClO2S/c1-2-5-25(22,23)20-11-6-10(7-11)13-8-17(21)24-14-9-19-16-12(15(13)14)3-4-18-16;15-8-3-7(4-8)10-5-14(18)19-11-6-17-13-9(12(10)11)1-2-16-13;1-2-3-7(4,5)6/h3-4,8-11,20-21H,2,5-7H2,1H3,(H,18,19);1-2,5-8,18H,3-4,15H2,(H,16,17);2-3H2,1H3. The van der Waals surface area contributed by atoms with Crippen molar-refractivity contribution in [2.75, 3.05) is 11.5 Å². The summed E-state index contributed by atoms with van der Waals surface area (Å²) >= 11 is 0. The maximum Gasteiger partial charge on any atom is 0.552 e. The van der Waals surface area contributed by atoms with Crippen LogP contribution in [0.25, 0.3) is 33.2 Å². The molecular weight excluding hydrogens is 718 g/mol. The molecule has 0 amide bonds. The van der Waals surface area contributed by atoms with Gasteiger partial charge in [-0.15, -0.1) is 0 Å². The summed E-state index contributed by atoms with van der Waals surface area (Å²) in [4.78, 5) is 14.8. The highest BCUT2D eigenvalue weighted by Crippen LogP contribution is 2.47. The van der Waals surface area contributed by atoms with Gasteiger partial charge in [-0.25, -0.2) is 31.5 Å². The second kappa shape index (κ2) is 15.3. The molecule has 51 heavy (non-hydrogen) atoms. The number of rotatable bonds is 8. The molecule has 2 saturated carbocycles. The predicted octanol–water partition coefficient (Wildman–Crippen LogP) is 3.53. The number of nitrogens with zero attached hydrogens (tertiary/aromatic N) is 2. The van der Waals surface area contributed by atoms with E-state index in [0.717, 1.165) is 70.0 Å². The van der Waals surface area contributed by atoms with Crippen LogP contribution in [-0.2, 0) is 19.1 Å². The molecule has 0 spiro atoms. The summed E-state index contributed by atoms with van der Waals surface area (Å²) < 4.78 is 57.5. The van der Waals surface area contributed by atoms with Crippen LogP contribution < -0.4 is 19.8 Å². The largest absolute Gasteiger partial charge is 0.552 e. The van der Waals surface area contributed by atoms with Gasteiger partial charge in [0.25, 0.3) is 0 Å². The van der Waals surface area contributed by atoms with Crippen LogP contribution in [0.4, 0.5) is 0 Å². The molecule has 4 aromatic heterocycles. The van der Waals surface area contributed by atoms with Crippen molar-refractivity contribution < 1.29 is 36.2 Å². The van der Waals surface area contributed by atoms with E-state index in [4.69, 9.17) is 25.7 Å². The first-order chi connectivity index (χ1) is 24.2. The molecule has 2 fully saturated rings. The fourth-order valence-electron chi connectivity index (χ4n) is 6.95. The molecule has 6 heterocycles. The molecule has 272 valence electrons. The lowest BCUT2D eigenvalue weighted by Crippen LogP contribution is -2.45. The first kappa shape index (κ1) is 37.4. The summed E-state index contributed by atoms with van der Waals surface area (Å²) in [5.41, 5.74) is 11.6. The monoisotopic (exact) mass is 758 g/mol. The van der Waals surface area contributed by atoms with Crippen molar-refractivity contribution in [1.82, 2.24) is 24.7 Å². The number of allylic oxidation sites excluding steroid dienone is 2. The Bertz CT molecular complexity index is 2170. The van der Waals surface area contributed by atoms with Crippen molar-refractivity contribution in [3.8, 4) is 11.5 Å². The Morgan fingerprint density at radius 2 is 1.31 bits per heavy atom. The highest BCUT2D eigenvalue weighted by Gasteiger charge is 2.39. The second-order valence-corrected chi connectivity index (χ2v) is 18.0. The van der Waals surface area contributed by atoms with Crippen molar-refractivity contribution in [2.45, 2.75) is 64.5 Å². The molecule has 19 heteroatoms. The number of aromatic amines is 2. The zero-order chi connectivity index (χ0) is 36.5. The molecule has 0 bridgehead atoms. The number of hydrogen-bond acceptors (Lipinski definition) is 11. The van der Waals surface area contributed by atoms with Crippen LogP contribution in [0, 0.1) is 11.8 Å². The van der Waals surface area contributed by atoms with E-state index in [0.29, 0.717) is 30.3 Å². The van der Waals surface area contributed by atoms with Gasteiger partial charge in [-0.2, -0.15) is 0 Å². The van der Waals surface area contributed by atoms with Gasteiger partial charge in [0.1, 0.15) is 22.8 Å². The van der Waals surface area contributed by atoms with E-state index in [1.54, 1.807) is 31.3 Å². The van der Waals surface area contributed by atoms with E-state index >= 15 is 0 Å². The summed E-state index contributed by atoms with van der Waals surface area (Å²) in [6.07, 6.45) is 11.5. The number of pyridine rings is 2. The number of fused-ring (bicyclic) bond motifs is 6. The van der Waals surface area contributed by atoms with E-state index in [1.165, 1.54) is 0 Å². The van der Waals surface area contributed by atoms with Crippen molar-refractivity contribution in [1.29, 1.82) is 0 Å². The molecule has 0 atom stereocenters. The van der Waals surface area contributed by atoms with Crippen molar-refractivity contribution >= 4 is 77.2 Å². The first-order valence-corrected chi connectivity index (χ1v) is 21.1.